The molecule has 17 heavy (non-hydrogen) atoms. The molecule has 1 fully saturated rings. The summed E-state index contributed by atoms with van der Waals surface area (Å²) in [6.45, 7) is 8.41. The Kier molecular flexibility index (Phi) is 7.80. The molecule has 1 aliphatic heterocycles. The van der Waals surface area contributed by atoms with E-state index in [1.54, 1.807) is 0 Å². The Hall–Kier alpha value is -0.280. The molecule has 2 atom stereocenters. The number of carbonyl (C=O) groups is 1. The second-order valence-electron chi connectivity index (χ2n) is 5.32. The number of amides is 1. The highest BCUT2D eigenvalue weighted by Gasteiger charge is 2.26. The zero-order valence-corrected chi connectivity index (χ0v) is 12.3. The fourth-order valence-corrected chi connectivity index (χ4v) is 2.17. The van der Waals surface area contributed by atoms with Crippen molar-refractivity contribution in [3.05, 3.63) is 0 Å². The molecule has 0 aromatic heterocycles. The maximum Gasteiger partial charge on any atom is 0.225 e. The average Bonchev–Trinajstić information content (AvgIpc) is 2.54. The van der Waals surface area contributed by atoms with Crippen molar-refractivity contribution in [3.63, 3.8) is 0 Å². The van der Waals surface area contributed by atoms with Crippen molar-refractivity contribution in [2.24, 2.45) is 11.8 Å². The second-order valence-corrected chi connectivity index (χ2v) is 5.32. The average molecular weight is 263 g/mol. The minimum Gasteiger partial charge on any atom is -0.342 e. The van der Waals surface area contributed by atoms with Gasteiger partial charge in [-0.25, -0.2) is 0 Å². The third-order valence-electron chi connectivity index (χ3n) is 3.83. The lowest BCUT2D eigenvalue weighted by molar-refractivity contribution is -0.137. The van der Waals surface area contributed by atoms with Crippen LogP contribution in [-0.4, -0.2) is 37.0 Å². The molecule has 1 rings (SSSR count). The Labute approximate surface area is 112 Å². The second kappa shape index (κ2) is 7.93. The number of hydrogen-bond acceptors (Lipinski definition) is 2. The minimum atomic E-state index is 0. The first-order valence-electron chi connectivity index (χ1n) is 6.51. The van der Waals surface area contributed by atoms with Gasteiger partial charge in [-0.1, -0.05) is 20.8 Å². The van der Waals surface area contributed by atoms with Crippen LogP contribution in [0.1, 0.15) is 40.0 Å². The van der Waals surface area contributed by atoms with E-state index in [2.05, 4.69) is 19.2 Å². The summed E-state index contributed by atoms with van der Waals surface area (Å²) in [7, 11) is 1.97. The van der Waals surface area contributed by atoms with Crippen LogP contribution in [0.25, 0.3) is 0 Å². The Morgan fingerprint density at radius 3 is 2.47 bits per heavy atom. The van der Waals surface area contributed by atoms with E-state index in [0.29, 0.717) is 17.9 Å². The largest absolute Gasteiger partial charge is 0.342 e. The van der Waals surface area contributed by atoms with Crippen molar-refractivity contribution < 1.29 is 4.79 Å². The molecular formula is C13H27ClN2O. The van der Waals surface area contributed by atoms with Crippen LogP contribution < -0.4 is 5.32 Å². The molecule has 0 radical (unpaired) electrons. The number of nitrogens with one attached hydrogen (secondary N) is 1. The van der Waals surface area contributed by atoms with E-state index < -0.39 is 0 Å². The van der Waals surface area contributed by atoms with E-state index in [1.807, 2.05) is 18.9 Å². The van der Waals surface area contributed by atoms with Gasteiger partial charge in [0.25, 0.3) is 0 Å². The van der Waals surface area contributed by atoms with Crippen LogP contribution in [0, 0.1) is 11.8 Å². The van der Waals surface area contributed by atoms with Crippen molar-refractivity contribution in [1.82, 2.24) is 10.2 Å². The zero-order chi connectivity index (χ0) is 12.1. The fourth-order valence-electron chi connectivity index (χ4n) is 2.17. The van der Waals surface area contributed by atoms with Crippen LogP contribution in [0.15, 0.2) is 0 Å². The molecule has 1 saturated heterocycles. The van der Waals surface area contributed by atoms with E-state index in [1.165, 1.54) is 6.42 Å². The first kappa shape index (κ1) is 16.7. The number of nitrogens with zero attached hydrogens (tertiary/aromatic N) is 1. The molecule has 1 N–H and O–H groups in total. The number of rotatable bonds is 3. The smallest absolute Gasteiger partial charge is 0.225 e. The van der Waals surface area contributed by atoms with Gasteiger partial charge in [-0.2, -0.15) is 0 Å². The lowest BCUT2D eigenvalue weighted by atomic mass is 9.95. The highest BCUT2D eigenvalue weighted by Crippen LogP contribution is 2.18. The SMILES string of the molecule is CC(C)C(C)C(=O)N(C)C1CCCNCC1.Cl. The number of carbonyl (C=O) groups excluding carboxylic acids is 1. The van der Waals surface area contributed by atoms with E-state index in [9.17, 15) is 4.79 Å². The number of hydrogen-bond donors (Lipinski definition) is 1. The molecule has 1 amide bonds. The minimum absolute atomic E-state index is 0. The van der Waals surface area contributed by atoms with Crippen LogP contribution in [0.2, 0.25) is 0 Å². The van der Waals surface area contributed by atoms with Crippen molar-refractivity contribution >= 4 is 18.3 Å². The third kappa shape index (κ3) is 4.84. The fraction of sp³-hybridized carbons (Fsp3) is 0.923. The highest BCUT2D eigenvalue weighted by molar-refractivity contribution is 5.85. The van der Waals surface area contributed by atoms with Gasteiger partial charge in [0.05, 0.1) is 0 Å². The third-order valence-corrected chi connectivity index (χ3v) is 3.83. The van der Waals surface area contributed by atoms with Crippen molar-refractivity contribution in [2.45, 2.75) is 46.1 Å². The summed E-state index contributed by atoms with van der Waals surface area (Å²) in [5.74, 6) is 0.877. The van der Waals surface area contributed by atoms with Crippen molar-refractivity contribution in [1.29, 1.82) is 0 Å². The van der Waals surface area contributed by atoms with E-state index in [4.69, 9.17) is 0 Å². The van der Waals surface area contributed by atoms with Gasteiger partial charge in [0.1, 0.15) is 0 Å². The molecule has 1 aliphatic rings. The summed E-state index contributed by atoms with van der Waals surface area (Å²) < 4.78 is 0. The molecule has 0 spiro atoms. The van der Waals surface area contributed by atoms with Crippen LogP contribution >= 0.6 is 12.4 Å². The van der Waals surface area contributed by atoms with Gasteiger partial charge in [0, 0.05) is 19.0 Å². The molecule has 2 unspecified atom stereocenters. The summed E-state index contributed by atoms with van der Waals surface area (Å²) in [4.78, 5) is 14.2. The lowest BCUT2D eigenvalue weighted by Gasteiger charge is -2.30. The Bertz CT molecular complexity index is 225. The van der Waals surface area contributed by atoms with E-state index >= 15 is 0 Å². The first-order valence-corrected chi connectivity index (χ1v) is 6.51. The molecule has 0 aromatic rings. The Balaban J connectivity index is 0.00000256. The predicted molar refractivity (Wildman–Crippen MR) is 74.5 cm³/mol. The molecule has 0 aliphatic carbocycles. The quantitative estimate of drug-likeness (QED) is 0.847. The zero-order valence-electron chi connectivity index (χ0n) is 11.5. The van der Waals surface area contributed by atoms with Crippen molar-refractivity contribution in [3.8, 4) is 0 Å². The molecule has 0 aromatic carbocycles. The van der Waals surface area contributed by atoms with Gasteiger partial charge in [-0.15, -0.1) is 12.4 Å². The molecule has 1 heterocycles. The Morgan fingerprint density at radius 2 is 1.88 bits per heavy atom. The van der Waals surface area contributed by atoms with Gasteiger partial charge in [0.2, 0.25) is 5.91 Å². The van der Waals surface area contributed by atoms with Gasteiger partial charge < -0.3 is 10.2 Å². The summed E-state index contributed by atoms with van der Waals surface area (Å²) in [6.07, 6.45) is 3.41. The predicted octanol–water partition coefficient (Wildman–Crippen LogP) is 2.30. The maximum absolute atomic E-state index is 12.2. The summed E-state index contributed by atoms with van der Waals surface area (Å²) in [5.41, 5.74) is 0. The summed E-state index contributed by atoms with van der Waals surface area (Å²) >= 11 is 0. The normalized spacial score (nSPS) is 22.5. The molecule has 4 heteroatoms. The van der Waals surface area contributed by atoms with Gasteiger partial charge in [-0.3, -0.25) is 4.79 Å². The summed E-state index contributed by atoms with van der Waals surface area (Å²) in [5, 5.41) is 3.39. The first-order chi connectivity index (χ1) is 7.54. The monoisotopic (exact) mass is 262 g/mol. The number of halogens is 1. The lowest BCUT2D eigenvalue weighted by Crippen LogP contribution is -2.41. The molecule has 102 valence electrons. The Morgan fingerprint density at radius 1 is 1.24 bits per heavy atom. The highest BCUT2D eigenvalue weighted by atomic mass is 35.5. The topological polar surface area (TPSA) is 32.3 Å². The molecular weight excluding hydrogens is 236 g/mol. The molecule has 0 saturated carbocycles. The molecule has 0 bridgehead atoms. The van der Waals surface area contributed by atoms with Gasteiger partial charge in [0.15, 0.2) is 0 Å². The maximum atomic E-state index is 12.2. The van der Waals surface area contributed by atoms with Crippen LogP contribution in [0.3, 0.4) is 0 Å². The van der Waals surface area contributed by atoms with Gasteiger partial charge in [-0.05, 0) is 38.3 Å². The van der Waals surface area contributed by atoms with Gasteiger partial charge >= 0.3 is 0 Å². The standard InChI is InChI=1S/C13H26N2O.ClH/c1-10(2)11(3)13(16)15(4)12-6-5-8-14-9-7-12;/h10-12,14H,5-9H2,1-4H3;1H. The summed E-state index contributed by atoms with van der Waals surface area (Å²) in [6, 6.07) is 0.434. The van der Waals surface area contributed by atoms with Crippen LogP contribution in [0.4, 0.5) is 0 Å². The van der Waals surface area contributed by atoms with Crippen molar-refractivity contribution in [2.75, 3.05) is 20.1 Å². The van der Waals surface area contributed by atoms with E-state index in [0.717, 1.165) is 25.9 Å². The van der Waals surface area contributed by atoms with E-state index in [-0.39, 0.29) is 18.3 Å². The van der Waals surface area contributed by atoms with Crippen LogP contribution in [-0.2, 0) is 4.79 Å². The molecule has 3 nitrogen and oxygen atoms in total. The van der Waals surface area contributed by atoms with Crippen LogP contribution in [0.5, 0.6) is 0 Å².